The molecule has 0 saturated heterocycles. The number of hydrogen-bond donors (Lipinski definition) is 2. The Morgan fingerprint density at radius 2 is 1.82 bits per heavy atom. The molecule has 0 aliphatic rings. The summed E-state index contributed by atoms with van der Waals surface area (Å²) in [7, 11) is 1.63. The Hall–Kier alpha value is -1.58. The van der Waals surface area contributed by atoms with E-state index < -0.39 is 6.10 Å². The standard InChI is InChI=1S/C14H16O3/c1-17-14-7-6-11(13(16)8-9-15)10-4-2-3-5-12(10)14/h2-7,13,15-16H,8-9H2,1H3. The first kappa shape index (κ1) is 11.9. The number of aliphatic hydroxyl groups excluding tert-OH is 2. The lowest BCUT2D eigenvalue weighted by Crippen LogP contribution is -2.01. The van der Waals surface area contributed by atoms with Crippen LogP contribution < -0.4 is 4.74 Å². The third kappa shape index (κ3) is 2.25. The van der Waals surface area contributed by atoms with Gasteiger partial charge in [-0.3, -0.25) is 0 Å². The number of ether oxygens (including phenoxy) is 1. The number of hydrogen-bond acceptors (Lipinski definition) is 3. The zero-order valence-corrected chi connectivity index (χ0v) is 9.76. The topological polar surface area (TPSA) is 49.7 Å². The Balaban J connectivity index is 2.58. The fourth-order valence-corrected chi connectivity index (χ4v) is 2.04. The van der Waals surface area contributed by atoms with Gasteiger partial charge in [-0.1, -0.05) is 30.3 Å². The molecule has 0 bridgehead atoms. The van der Waals surface area contributed by atoms with Crippen molar-refractivity contribution in [2.75, 3.05) is 13.7 Å². The third-order valence-corrected chi connectivity index (χ3v) is 2.90. The predicted octanol–water partition coefficient (Wildman–Crippen LogP) is 2.26. The summed E-state index contributed by atoms with van der Waals surface area (Å²) in [6, 6.07) is 11.5. The lowest BCUT2D eigenvalue weighted by Gasteiger charge is -2.14. The Bertz CT molecular complexity index is 508. The number of aliphatic hydroxyl groups is 2. The lowest BCUT2D eigenvalue weighted by molar-refractivity contribution is 0.135. The van der Waals surface area contributed by atoms with Crippen molar-refractivity contribution in [3.8, 4) is 5.75 Å². The molecular weight excluding hydrogens is 216 g/mol. The second kappa shape index (κ2) is 5.17. The first-order valence-corrected chi connectivity index (χ1v) is 5.62. The van der Waals surface area contributed by atoms with Gasteiger partial charge in [-0.15, -0.1) is 0 Å². The van der Waals surface area contributed by atoms with Gasteiger partial charge in [-0.25, -0.2) is 0 Å². The first-order chi connectivity index (χ1) is 8.27. The highest BCUT2D eigenvalue weighted by Crippen LogP contribution is 2.32. The van der Waals surface area contributed by atoms with Crippen molar-refractivity contribution in [2.45, 2.75) is 12.5 Å². The summed E-state index contributed by atoms with van der Waals surface area (Å²) in [4.78, 5) is 0. The van der Waals surface area contributed by atoms with Crippen molar-refractivity contribution >= 4 is 10.8 Å². The summed E-state index contributed by atoms with van der Waals surface area (Å²) in [5, 5.41) is 20.8. The zero-order chi connectivity index (χ0) is 12.3. The van der Waals surface area contributed by atoms with Crippen molar-refractivity contribution in [2.24, 2.45) is 0 Å². The van der Waals surface area contributed by atoms with E-state index in [1.54, 1.807) is 7.11 Å². The van der Waals surface area contributed by atoms with Gasteiger partial charge in [0.25, 0.3) is 0 Å². The normalized spacial score (nSPS) is 12.6. The molecule has 0 aliphatic carbocycles. The van der Waals surface area contributed by atoms with Crippen molar-refractivity contribution in [3.63, 3.8) is 0 Å². The minimum absolute atomic E-state index is 0.0263. The van der Waals surface area contributed by atoms with Crippen LogP contribution in [0.15, 0.2) is 36.4 Å². The highest BCUT2D eigenvalue weighted by atomic mass is 16.5. The first-order valence-electron chi connectivity index (χ1n) is 5.62. The molecule has 0 amide bonds. The number of benzene rings is 2. The smallest absolute Gasteiger partial charge is 0.126 e. The van der Waals surface area contributed by atoms with Gasteiger partial charge >= 0.3 is 0 Å². The second-order valence-corrected chi connectivity index (χ2v) is 3.93. The largest absolute Gasteiger partial charge is 0.496 e. The average molecular weight is 232 g/mol. The molecule has 0 heterocycles. The zero-order valence-electron chi connectivity index (χ0n) is 9.76. The van der Waals surface area contributed by atoms with E-state index in [9.17, 15) is 5.11 Å². The van der Waals surface area contributed by atoms with Gasteiger partial charge in [0.05, 0.1) is 13.2 Å². The summed E-state index contributed by atoms with van der Waals surface area (Å²) < 4.78 is 5.29. The average Bonchev–Trinajstić information content (AvgIpc) is 2.37. The van der Waals surface area contributed by atoms with Crippen LogP contribution in [0, 0.1) is 0 Å². The monoisotopic (exact) mass is 232 g/mol. The number of methoxy groups -OCH3 is 1. The molecule has 17 heavy (non-hydrogen) atoms. The summed E-state index contributed by atoms with van der Waals surface area (Å²) in [6.07, 6.45) is -0.299. The molecule has 2 aromatic rings. The third-order valence-electron chi connectivity index (χ3n) is 2.90. The minimum Gasteiger partial charge on any atom is -0.496 e. The molecule has 3 heteroatoms. The molecular formula is C14H16O3. The van der Waals surface area contributed by atoms with E-state index in [0.29, 0.717) is 6.42 Å². The Morgan fingerprint density at radius 3 is 2.47 bits per heavy atom. The van der Waals surface area contributed by atoms with E-state index in [1.807, 2.05) is 36.4 Å². The maximum absolute atomic E-state index is 9.98. The fourth-order valence-electron chi connectivity index (χ4n) is 2.04. The van der Waals surface area contributed by atoms with E-state index in [2.05, 4.69) is 0 Å². The van der Waals surface area contributed by atoms with Gasteiger partial charge in [0.2, 0.25) is 0 Å². The van der Waals surface area contributed by atoms with Crippen molar-refractivity contribution in [3.05, 3.63) is 42.0 Å². The molecule has 0 saturated carbocycles. The van der Waals surface area contributed by atoms with E-state index in [4.69, 9.17) is 9.84 Å². The van der Waals surface area contributed by atoms with Gasteiger partial charge in [0.15, 0.2) is 0 Å². The summed E-state index contributed by atoms with van der Waals surface area (Å²) in [5.74, 6) is 0.792. The van der Waals surface area contributed by atoms with Gasteiger partial charge in [0.1, 0.15) is 5.75 Å². The predicted molar refractivity (Wildman–Crippen MR) is 67.2 cm³/mol. The van der Waals surface area contributed by atoms with E-state index >= 15 is 0 Å². The van der Waals surface area contributed by atoms with Crippen molar-refractivity contribution < 1.29 is 14.9 Å². The van der Waals surface area contributed by atoms with Crippen molar-refractivity contribution in [1.82, 2.24) is 0 Å². The highest BCUT2D eigenvalue weighted by molar-refractivity contribution is 5.91. The van der Waals surface area contributed by atoms with Gasteiger partial charge in [0, 0.05) is 18.4 Å². The molecule has 2 N–H and O–H groups in total. The fraction of sp³-hybridized carbons (Fsp3) is 0.286. The molecule has 2 rings (SSSR count). The van der Waals surface area contributed by atoms with E-state index in [0.717, 1.165) is 22.1 Å². The maximum atomic E-state index is 9.98. The van der Waals surface area contributed by atoms with Crippen LogP contribution in [0.2, 0.25) is 0 Å². The Labute approximate surface area is 100 Å². The SMILES string of the molecule is COc1ccc(C(O)CCO)c2ccccc12. The lowest BCUT2D eigenvalue weighted by atomic mass is 9.98. The van der Waals surface area contributed by atoms with Crippen LogP contribution >= 0.6 is 0 Å². The highest BCUT2D eigenvalue weighted by Gasteiger charge is 2.12. The van der Waals surface area contributed by atoms with Crippen LogP contribution in [0.1, 0.15) is 18.1 Å². The summed E-state index contributed by atoms with van der Waals surface area (Å²) in [5.41, 5.74) is 0.829. The van der Waals surface area contributed by atoms with Gasteiger partial charge < -0.3 is 14.9 Å². The molecule has 0 aliphatic heterocycles. The molecule has 0 aromatic heterocycles. The van der Waals surface area contributed by atoms with Crippen LogP contribution in [0.4, 0.5) is 0 Å². The molecule has 3 nitrogen and oxygen atoms in total. The van der Waals surface area contributed by atoms with Crippen LogP contribution in [-0.2, 0) is 0 Å². The molecule has 1 unspecified atom stereocenters. The molecule has 0 fully saturated rings. The molecule has 0 radical (unpaired) electrons. The van der Waals surface area contributed by atoms with Crippen LogP contribution in [0.3, 0.4) is 0 Å². The molecule has 2 aromatic carbocycles. The van der Waals surface area contributed by atoms with E-state index in [-0.39, 0.29) is 6.61 Å². The number of fused-ring (bicyclic) bond motifs is 1. The van der Waals surface area contributed by atoms with Crippen LogP contribution in [0.5, 0.6) is 5.75 Å². The molecule has 0 spiro atoms. The van der Waals surface area contributed by atoms with Crippen LogP contribution in [-0.4, -0.2) is 23.9 Å². The number of rotatable bonds is 4. The molecule has 90 valence electrons. The minimum atomic E-state index is -0.643. The Kier molecular flexibility index (Phi) is 3.61. The van der Waals surface area contributed by atoms with Gasteiger partial charge in [-0.05, 0) is 17.0 Å². The maximum Gasteiger partial charge on any atom is 0.126 e. The summed E-state index contributed by atoms with van der Waals surface area (Å²) in [6.45, 7) is -0.0263. The molecule has 1 atom stereocenters. The Morgan fingerprint density at radius 1 is 1.12 bits per heavy atom. The van der Waals surface area contributed by atoms with E-state index in [1.165, 1.54) is 0 Å². The second-order valence-electron chi connectivity index (χ2n) is 3.93. The van der Waals surface area contributed by atoms with Crippen LogP contribution in [0.25, 0.3) is 10.8 Å². The summed E-state index contributed by atoms with van der Waals surface area (Å²) >= 11 is 0. The van der Waals surface area contributed by atoms with Crippen molar-refractivity contribution in [1.29, 1.82) is 0 Å². The quantitative estimate of drug-likeness (QED) is 0.850. The van der Waals surface area contributed by atoms with Gasteiger partial charge in [-0.2, -0.15) is 0 Å².